The lowest BCUT2D eigenvalue weighted by Gasteiger charge is -1.85. The Morgan fingerprint density at radius 3 is 1.62 bits per heavy atom. The fourth-order valence-electron chi connectivity index (χ4n) is 0.532. The van der Waals surface area contributed by atoms with Gasteiger partial charge in [-0.2, -0.15) is 0 Å². The number of carbonyl (C=O) groups excluding carboxylic acids is 1. The molecular weight excluding hydrogens is 270 g/mol. The van der Waals surface area contributed by atoms with Gasteiger partial charge < -0.3 is 0 Å². The minimum Gasteiger partial charge on any atom is -0.298 e. The molecule has 1 aromatic rings. The Kier molecular flexibility index (Phi) is 6.82. The number of carbonyl (C=O) groups is 1. The van der Waals surface area contributed by atoms with Crippen LogP contribution in [0.3, 0.4) is 0 Å². The maximum absolute atomic E-state index is 10.0. The van der Waals surface area contributed by atoms with Crippen LogP contribution in [0.15, 0.2) is 30.3 Å². The van der Waals surface area contributed by atoms with Crippen LogP contribution in [-0.2, 0) is 0 Å². The van der Waals surface area contributed by atoms with Gasteiger partial charge in [-0.05, 0) is 0 Å². The Morgan fingerprint density at radius 1 is 1.00 bits per heavy atom. The van der Waals surface area contributed by atoms with E-state index in [9.17, 15) is 4.79 Å². The van der Waals surface area contributed by atoms with Crippen molar-refractivity contribution in [1.29, 1.82) is 0 Å². The molecule has 0 fully saturated rings. The average Bonchev–Trinajstić information content (AvgIpc) is 2.03. The van der Waals surface area contributed by atoms with Crippen LogP contribution >= 0.6 is 44.3 Å². The molecule has 0 saturated heterocycles. The fourth-order valence-corrected chi connectivity index (χ4v) is 0.532. The lowest BCUT2D eigenvalue weighted by atomic mass is 10.2. The van der Waals surface area contributed by atoms with Gasteiger partial charge in [0.05, 0.1) is 0 Å². The number of benzene rings is 1. The number of rotatable bonds is 1. The minimum atomic E-state index is -2.72. The zero-order chi connectivity index (χ0) is 10.3. The van der Waals surface area contributed by atoms with Crippen LogP contribution in [0.5, 0.6) is 0 Å². The van der Waals surface area contributed by atoms with Gasteiger partial charge in [0.1, 0.15) is 6.29 Å². The first-order valence-corrected chi connectivity index (χ1v) is 9.24. The summed E-state index contributed by atoms with van der Waals surface area (Å²) in [6.07, 6.45) is 0.833. The number of aldehydes is 1. The van der Waals surface area contributed by atoms with Crippen molar-refractivity contribution in [3.63, 3.8) is 0 Å². The van der Waals surface area contributed by atoms with Gasteiger partial charge in [-0.15, -0.1) is 44.3 Å². The Labute approximate surface area is 96.4 Å². The second-order valence-corrected chi connectivity index (χ2v) is 13.1. The SMILES string of the molecule is Cl[Si](Cl)(Cl)Cl.O=Cc1ccccc1. The highest BCUT2D eigenvalue weighted by atomic mass is 36.0. The molecule has 1 aromatic carbocycles. The van der Waals surface area contributed by atoms with Crippen LogP contribution in [-0.4, -0.2) is 11.6 Å². The molecule has 13 heavy (non-hydrogen) atoms. The highest BCUT2D eigenvalue weighted by Gasteiger charge is 2.19. The molecule has 0 atom stereocenters. The van der Waals surface area contributed by atoms with Crippen molar-refractivity contribution in [2.24, 2.45) is 0 Å². The van der Waals surface area contributed by atoms with Gasteiger partial charge in [0.2, 0.25) is 0 Å². The summed E-state index contributed by atoms with van der Waals surface area (Å²) in [6, 6.07) is 9.10. The van der Waals surface area contributed by atoms with Crippen molar-refractivity contribution in [3.05, 3.63) is 35.9 Å². The van der Waals surface area contributed by atoms with Crippen LogP contribution in [0.25, 0.3) is 0 Å². The normalized spacial score (nSPS) is 9.85. The molecular formula is C7H6Cl4OSi. The largest absolute Gasteiger partial charge is 0.440 e. The molecule has 6 heteroatoms. The second-order valence-electron chi connectivity index (χ2n) is 1.96. The lowest BCUT2D eigenvalue weighted by molar-refractivity contribution is 0.112. The van der Waals surface area contributed by atoms with E-state index in [0.29, 0.717) is 0 Å². The van der Waals surface area contributed by atoms with E-state index in [-0.39, 0.29) is 0 Å². The van der Waals surface area contributed by atoms with Gasteiger partial charge in [0.25, 0.3) is 0 Å². The molecule has 0 aliphatic carbocycles. The Hall–Kier alpha value is 0.267. The Bertz CT molecular complexity index is 240. The summed E-state index contributed by atoms with van der Waals surface area (Å²) in [5, 5.41) is -2.72. The number of hydrogen-bond acceptors (Lipinski definition) is 1. The molecule has 1 rings (SSSR count). The summed E-state index contributed by atoms with van der Waals surface area (Å²) >= 11 is 19.9. The fraction of sp³-hybridized carbons (Fsp3) is 0. The van der Waals surface area contributed by atoms with Crippen molar-refractivity contribution >= 4 is 55.9 Å². The molecule has 0 heterocycles. The van der Waals surface area contributed by atoms with Crippen LogP contribution < -0.4 is 0 Å². The zero-order valence-corrected chi connectivity index (χ0v) is 10.4. The Balaban J connectivity index is 0.000000252. The highest BCUT2D eigenvalue weighted by Crippen LogP contribution is 2.23. The quantitative estimate of drug-likeness (QED) is 0.432. The first kappa shape index (κ1) is 13.3. The van der Waals surface area contributed by atoms with Crippen molar-refractivity contribution in [2.75, 3.05) is 0 Å². The van der Waals surface area contributed by atoms with E-state index in [1.807, 2.05) is 18.2 Å². The second kappa shape index (κ2) is 6.68. The maximum Gasteiger partial charge on any atom is 0.440 e. The predicted octanol–water partition coefficient (Wildman–Crippen LogP) is 3.88. The summed E-state index contributed by atoms with van der Waals surface area (Å²) in [5.41, 5.74) is 0.729. The molecule has 0 spiro atoms. The third kappa shape index (κ3) is 12.3. The van der Waals surface area contributed by atoms with Crippen molar-refractivity contribution in [3.8, 4) is 0 Å². The molecule has 0 N–H and O–H groups in total. The summed E-state index contributed by atoms with van der Waals surface area (Å²) in [7, 11) is 0. The van der Waals surface area contributed by atoms with Crippen molar-refractivity contribution in [2.45, 2.75) is 0 Å². The molecule has 0 saturated carbocycles. The summed E-state index contributed by atoms with van der Waals surface area (Å²) < 4.78 is 0. The number of halogens is 4. The third-order valence-electron chi connectivity index (χ3n) is 0.936. The van der Waals surface area contributed by atoms with Crippen LogP contribution in [0.2, 0.25) is 0 Å². The van der Waals surface area contributed by atoms with Crippen LogP contribution in [0.1, 0.15) is 10.4 Å². The molecule has 0 aliphatic rings. The maximum atomic E-state index is 10.0. The van der Waals surface area contributed by atoms with Gasteiger partial charge in [-0.25, -0.2) is 0 Å². The van der Waals surface area contributed by atoms with E-state index < -0.39 is 5.31 Å². The first-order chi connectivity index (χ1) is 5.93. The van der Waals surface area contributed by atoms with Gasteiger partial charge in [-0.3, -0.25) is 4.79 Å². The summed E-state index contributed by atoms with van der Waals surface area (Å²) in [5.74, 6) is 0. The monoisotopic (exact) mass is 274 g/mol. The van der Waals surface area contributed by atoms with Crippen molar-refractivity contribution in [1.82, 2.24) is 0 Å². The predicted molar refractivity (Wildman–Crippen MR) is 61.0 cm³/mol. The van der Waals surface area contributed by atoms with E-state index in [0.717, 1.165) is 11.8 Å². The molecule has 0 unspecified atom stereocenters. The molecule has 0 amide bonds. The first-order valence-electron chi connectivity index (χ1n) is 3.19. The number of hydrogen-bond donors (Lipinski definition) is 0. The van der Waals surface area contributed by atoms with Gasteiger partial charge >= 0.3 is 5.31 Å². The van der Waals surface area contributed by atoms with E-state index in [4.69, 9.17) is 44.3 Å². The van der Waals surface area contributed by atoms with E-state index in [2.05, 4.69) is 0 Å². The molecule has 0 aliphatic heterocycles. The molecule has 0 bridgehead atoms. The lowest BCUT2D eigenvalue weighted by Crippen LogP contribution is -1.91. The molecule has 1 nitrogen and oxygen atoms in total. The van der Waals surface area contributed by atoms with Crippen molar-refractivity contribution < 1.29 is 4.79 Å². The van der Waals surface area contributed by atoms with E-state index >= 15 is 0 Å². The van der Waals surface area contributed by atoms with Crippen LogP contribution in [0, 0.1) is 0 Å². The van der Waals surface area contributed by atoms with Gasteiger partial charge in [-0.1, -0.05) is 30.3 Å². The third-order valence-corrected chi connectivity index (χ3v) is 0.936. The van der Waals surface area contributed by atoms with Crippen LogP contribution in [0.4, 0.5) is 0 Å². The molecule has 72 valence electrons. The van der Waals surface area contributed by atoms with E-state index in [1.165, 1.54) is 0 Å². The topological polar surface area (TPSA) is 17.1 Å². The minimum absolute atomic E-state index is 0.729. The molecule has 0 aromatic heterocycles. The van der Waals surface area contributed by atoms with Gasteiger partial charge in [0.15, 0.2) is 0 Å². The smallest absolute Gasteiger partial charge is 0.298 e. The van der Waals surface area contributed by atoms with E-state index in [1.54, 1.807) is 12.1 Å². The van der Waals surface area contributed by atoms with Gasteiger partial charge in [0, 0.05) is 5.56 Å². The average molecular weight is 276 g/mol. The molecule has 0 radical (unpaired) electrons. The Morgan fingerprint density at radius 2 is 1.38 bits per heavy atom. The highest BCUT2D eigenvalue weighted by molar-refractivity contribution is 7.81. The summed E-state index contributed by atoms with van der Waals surface area (Å²) in [6.45, 7) is 0. The standard InChI is InChI=1S/C7H6O.Cl4Si/c8-6-7-4-2-1-3-5-7;1-5(2,3)4/h1-6H;. The summed E-state index contributed by atoms with van der Waals surface area (Å²) in [4.78, 5) is 10.0. The zero-order valence-electron chi connectivity index (χ0n) is 6.38.